The first-order valence-corrected chi connectivity index (χ1v) is 6.87. The van der Waals surface area contributed by atoms with E-state index in [9.17, 15) is 4.79 Å². The molecule has 4 heteroatoms. The van der Waals surface area contributed by atoms with Crippen molar-refractivity contribution in [2.45, 2.75) is 39.5 Å². The predicted octanol–water partition coefficient (Wildman–Crippen LogP) is 3.11. The minimum Gasteiger partial charge on any atom is -0.399 e. The van der Waals surface area contributed by atoms with Crippen molar-refractivity contribution in [1.29, 1.82) is 0 Å². The van der Waals surface area contributed by atoms with Gasteiger partial charge in [0.25, 0.3) is 0 Å². The molecule has 1 amide bonds. The highest BCUT2D eigenvalue weighted by Gasteiger charge is 2.04. The molecule has 106 valence electrons. The summed E-state index contributed by atoms with van der Waals surface area (Å²) < 4.78 is 5.41. The number of amides is 1. The van der Waals surface area contributed by atoms with Gasteiger partial charge >= 0.3 is 0 Å². The predicted molar refractivity (Wildman–Crippen MR) is 79.2 cm³/mol. The lowest BCUT2D eigenvalue weighted by atomic mass is 10.2. The van der Waals surface area contributed by atoms with Crippen LogP contribution in [0.3, 0.4) is 0 Å². The van der Waals surface area contributed by atoms with Crippen molar-refractivity contribution in [3.63, 3.8) is 0 Å². The van der Waals surface area contributed by atoms with E-state index in [1.807, 2.05) is 19.1 Å². The smallest absolute Gasteiger partial charge is 0.226 e. The third kappa shape index (κ3) is 6.25. The molecule has 0 saturated heterocycles. The summed E-state index contributed by atoms with van der Waals surface area (Å²) in [5.74, 6) is -0.0247. The first kappa shape index (κ1) is 15.5. The summed E-state index contributed by atoms with van der Waals surface area (Å²) in [6.45, 7) is 5.29. The number of carbonyl (C=O) groups excluding carboxylic acids is 1. The molecule has 3 N–H and O–H groups in total. The molecule has 0 radical (unpaired) electrons. The van der Waals surface area contributed by atoms with E-state index in [2.05, 4.69) is 12.2 Å². The fourth-order valence-corrected chi connectivity index (χ4v) is 1.76. The molecule has 0 fully saturated rings. The van der Waals surface area contributed by atoms with Crippen molar-refractivity contribution >= 4 is 17.3 Å². The van der Waals surface area contributed by atoms with E-state index in [1.54, 1.807) is 6.07 Å². The van der Waals surface area contributed by atoms with Crippen LogP contribution in [-0.4, -0.2) is 19.1 Å². The molecule has 0 unspecified atom stereocenters. The van der Waals surface area contributed by atoms with Gasteiger partial charge in [-0.25, -0.2) is 0 Å². The highest BCUT2D eigenvalue weighted by Crippen LogP contribution is 2.17. The zero-order chi connectivity index (χ0) is 14.1. The van der Waals surface area contributed by atoms with E-state index in [0.29, 0.717) is 18.7 Å². The molecule has 19 heavy (non-hydrogen) atoms. The lowest BCUT2D eigenvalue weighted by Gasteiger charge is -2.09. The third-order valence-electron chi connectivity index (χ3n) is 2.89. The number of nitrogen functional groups attached to an aromatic ring is 1. The van der Waals surface area contributed by atoms with E-state index in [1.165, 1.54) is 12.8 Å². The topological polar surface area (TPSA) is 64.3 Å². The molecule has 0 saturated carbocycles. The maximum atomic E-state index is 11.7. The quantitative estimate of drug-likeness (QED) is 0.560. The molecule has 0 aromatic heterocycles. The van der Waals surface area contributed by atoms with Crippen molar-refractivity contribution in [2.24, 2.45) is 0 Å². The van der Waals surface area contributed by atoms with Crippen LogP contribution in [0.2, 0.25) is 0 Å². The van der Waals surface area contributed by atoms with E-state index in [4.69, 9.17) is 10.5 Å². The molecule has 4 nitrogen and oxygen atoms in total. The number of rotatable bonds is 8. The van der Waals surface area contributed by atoms with Gasteiger partial charge in [0.15, 0.2) is 0 Å². The van der Waals surface area contributed by atoms with Gasteiger partial charge in [-0.3, -0.25) is 4.79 Å². The van der Waals surface area contributed by atoms with Gasteiger partial charge in [-0.2, -0.15) is 0 Å². The van der Waals surface area contributed by atoms with Crippen LogP contribution in [0.1, 0.15) is 38.2 Å². The van der Waals surface area contributed by atoms with Crippen LogP contribution in [0.15, 0.2) is 18.2 Å². The Labute approximate surface area is 115 Å². The minimum absolute atomic E-state index is 0.0247. The number of hydrogen-bond donors (Lipinski definition) is 2. The number of benzene rings is 1. The second-order valence-electron chi connectivity index (χ2n) is 4.69. The Morgan fingerprint density at radius 2 is 2.11 bits per heavy atom. The van der Waals surface area contributed by atoms with Crippen molar-refractivity contribution in [3.8, 4) is 0 Å². The first-order chi connectivity index (χ1) is 9.13. The summed E-state index contributed by atoms with van der Waals surface area (Å²) >= 11 is 0. The van der Waals surface area contributed by atoms with Crippen LogP contribution in [0.5, 0.6) is 0 Å². The van der Waals surface area contributed by atoms with Crippen molar-refractivity contribution in [3.05, 3.63) is 23.8 Å². The second-order valence-corrected chi connectivity index (χ2v) is 4.69. The number of anilines is 2. The number of unbranched alkanes of at least 4 members (excludes halogenated alkanes) is 2. The van der Waals surface area contributed by atoms with Crippen LogP contribution in [0.25, 0.3) is 0 Å². The summed E-state index contributed by atoms with van der Waals surface area (Å²) in [5, 5.41) is 2.86. The van der Waals surface area contributed by atoms with Crippen molar-refractivity contribution in [2.75, 3.05) is 24.3 Å². The van der Waals surface area contributed by atoms with Gasteiger partial charge in [0, 0.05) is 18.0 Å². The zero-order valence-corrected chi connectivity index (χ0v) is 11.9. The molecule has 1 rings (SSSR count). The van der Waals surface area contributed by atoms with Crippen LogP contribution >= 0.6 is 0 Å². The summed E-state index contributed by atoms with van der Waals surface area (Å²) in [6, 6.07) is 5.45. The lowest BCUT2D eigenvalue weighted by molar-refractivity contribution is -0.117. The molecule has 0 spiro atoms. The van der Waals surface area contributed by atoms with Gasteiger partial charge in [-0.1, -0.05) is 19.8 Å². The Morgan fingerprint density at radius 1 is 1.32 bits per heavy atom. The summed E-state index contributed by atoms with van der Waals surface area (Å²) in [6.07, 6.45) is 3.81. The Morgan fingerprint density at radius 3 is 2.79 bits per heavy atom. The van der Waals surface area contributed by atoms with Gasteiger partial charge in [0.2, 0.25) is 5.91 Å². The fraction of sp³-hybridized carbons (Fsp3) is 0.533. The zero-order valence-electron chi connectivity index (χ0n) is 11.9. The molecular formula is C15H24N2O2. The van der Waals surface area contributed by atoms with Gasteiger partial charge in [0.05, 0.1) is 13.0 Å². The average Bonchev–Trinajstić information content (AvgIpc) is 2.37. The number of hydrogen-bond acceptors (Lipinski definition) is 3. The highest BCUT2D eigenvalue weighted by molar-refractivity contribution is 5.91. The number of carbonyl (C=O) groups is 1. The third-order valence-corrected chi connectivity index (χ3v) is 2.89. The summed E-state index contributed by atoms with van der Waals surface area (Å²) in [5.41, 5.74) is 8.15. The maximum absolute atomic E-state index is 11.7. The van der Waals surface area contributed by atoms with E-state index in [-0.39, 0.29) is 5.91 Å². The van der Waals surface area contributed by atoms with Gasteiger partial charge in [-0.15, -0.1) is 0 Å². The Bertz CT molecular complexity index is 405. The first-order valence-electron chi connectivity index (χ1n) is 6.87. The van der Waals surface area contributed by atoms with Crippen molar-refractivity contribution in [1.82, 2.24) is 0 Å². The number of nitrogens with one attached hydrogen (secondary N) is 1. The molecule has 0 bridgehead atoms. The summed E-state index contributed by atoms with van der Waals surface area (Å²) in [7, 11) is 0. The normalized spacial score (nSPS) is 10.4. The molecular weight excluding hydrogens is 240 g/mol. The average molecular weight is 264 g/mol. The molecule has 0 heterocycles. The molecule has 1 aromatic carbocycles. The molecule has 0 aliphatic rings. The monoisotopic (exact) mass is 264 g/mol. The molecule has 0 aliphatic carbocycles. The second kappa shape index (κ2) is 8.53. The number of ether oxygens (including phenoxy) is 1. The van der Waals surface area contributed by atoms with E-state index < -0.39 is 0 Å². The Balaban J connectivity index is 2.23. The number of nitrogens with two attached hydrogens (primary N) is 1. The SMILES string of the molecule is CCCCCOCCC(=O)Nc1ccc(N)cc1C. The standard InChI is InChI=1S/C15H24N2O2/c1-3-4-5-9-19-10-8-15(18)17-14-7-6-13(16)11-12(14)2/h6-7,11H,3-5,8-10,16H2,1-2H3,(H,17,18). The van der Waals surface area contributed by atoms with Gasteiger partial charge < -0.3 is 15.8 Å². The lowest BCUT2D eigenvalue weighted by Crippen LogP contribution is -2.15. The Kier molecular flexibility index (Phi) is 6.97. The summed E-state index contributed by atoms with van der Waals surface area (Å²) in [4.78, 5) is 11.7. The van der Waals surface area contributed by atoms with Gasteiger partial charge in [-0.05, 0) is 37.1 Å². The van der Waals surface area contributed by atoms with E-state index >= 15 is 0 Å². The molecule has 1 aromatic rings. The minimum atomic E-state index is -0.0247. The van der Waals surface area contributed by atoms with Crippen molar-refractivity contribution < 1.29 is 9.53 Å². The Hall–Kier alpha value is -1.55. The van der Waals surface area contributed by atoms with E-state index in [0.717, 1.165) is 24.3 Å². The van der Waals surface area contributed by atoms with Crippen LogP contribution in [0, 0.1) is 6.92 Å². The molecule has 0 atom stereocenters. The van der Waals surface area contributed by atoms with Crippen LogP contribution in [0.4, 0.5) is 11.4 Å². The fourth-order valence-electron chi connectivity index (χ4n) is 1.76. The highest BCUT2D eigenvalue weighted by atomic mass is 16.5. The largest absolute Gasteiger partial charge is 0.399 e. The van der Waals surface area contributed by atoms with Crippen LogP contribution in [-0.2, 0) is 9.53 Å². The molecule has 0 aliphatic heterocycles. The van der Waals surface area contributed by atoms with Gasteiger partial charge in [0.1, 0.15) is 0 Å². The maximum Gasteiger partial charge on any atom is 0.226 e. The number of aryl methyl sites for hydroxylation is 1. The van der Waals surface area contributed by atoms with Crippen LogP contribution < -0.4 is 11.1 Å².